The lowest BCUT2D eigenvalue weighted by atomic mass is 10.2. The first kappa shape index (κ1) is 19.0. The number of ether oxygens (including phenoxy) is 1. The number of nitrogens with zero attached hydrogens (tertiary/aromatic N) is 3. The fourth-order valence-electron chi connectivity index (χ4n) is 2.87. The van der Waals surface area contributed by atoms with Gasteiger partial charge in [-0.3, -0.25) is 14.0 Å². The summed E-state index contributed by atoms with van der Waals surface area (Å²) >= 11 is 0. The number of hydrogen-bond donors (Lipinski definition) is 0. The zero-order valence-electron chi connectivity index (χ0n) is 15.5. The van der Waals surface area contributed by atoms with Crippen LogP contribution >= 0.6 is 0 Å². The Morgan fingerprint density at radius 2 is 1.96 bits per heavy atom. The van der Waals surface area contributed by atoms with Gasteiger partial charge < -0.3 is 9.64 Å². The third-order valence-electron chi connectivity index (χ3n) is 4.05. The summed E-state index contributed by atoms with van der Waals surface area (Å²) in [5.74, 6) is -0.359. The number of amides is 1. The van der Waals surface area contributed by atoms with Crippen molar-refractivity contribution in [1.29, 1.82) is 0 Å². The van der Waals surface area contributed by atoms with Gasteiger partial charge in [0.1, 0.15) is 11.3 Å². The molecule has 0 atom stereocenters. The first-order valence-corrected chi connectivity index (χ1v) is 8.94. The van der Waals surface area contributed by atoms with Gasteiger partial charge in [0.2, 0.25) is 0 Å². The summed E-state index contributed by atoms with van der Waals surface area (Å²) in [6.07, 6.45) is 3.65. The molecule has 0 aromatic carbocycles. The lowest BCUT2D eigenvalue weighted by Crippen LogP contribution is -2.35. The number of carbonyl (C=O) groups excluding carboxylic acids is 2. The Morgan fingerprint density at radius 1 is 1.20 bits per heavy atom. The molecule has 0 radical (unpaired) electrons. The Kier molecular flexibility index (Phi) is 6.56. The first-order valence-electron chi connectivity index (χ1n) is 8.94. The normalized spacial score (nSPS) is 10.9. The molecule has 0 aliphatic heterocycles. The predicted molar refractivity (Wildman–Crippen MR) is 96.8 cm³/mol. The molecule has 136 valence electrons. The average molecular weight is 345 g/mol. The minimum Gasteiger partial charge on any atom is -0.466 e. The summed E-state index contributed by atoms with van der Waals surface area (Å²) in [5, 5.41) is 0. The van der Waals surface area contributed by atoms with Crippen molar-refractivity contribution in [1.82, 2.24) is 14.3 Å². The number of aryl methyl sites for hydroxylation is 2. The van der Waals surface area contributed by atoms with Gasteiger partial charge >= 0.3 is 5.97 Å². The van der Waals surface area contributed by atoms with E-state index in [2.05, 4.69) is 4.98 Å². The van der Waals surface area contributed by atoms with Crippen LogP contribution in [0.2, 0.25) is 0 Å². The van der Waals surface area contributed by atoms with Gasteiger partial charge in [0.15, 0.2) is 0 Å². The molecule has 0 spiro atoms. The SMILES string of the molecule is CCCN(CCC(=O)OCC)C(=O)c1c(CC)nc2ccc(C)cn12. The van der Waals surface area contributed by atoms with Gasteiger partial charge in [0, 0.05) is 19.3 Å². The summed E-state index contributed by atoms with van der Waals surface area (Å²) in [5.41, 5.74) is 3.22. The van der Waals surface area contributed by atoms with Gasteiger partial charge in [-0.15, -0.1) is 0 Å². The molecule has 0 aliphatic rings. The van der Waals surface area contributed by atoms with Crippen molar-refractivity contribution >= 4 is 17.5 Å². The van der Waals surface area contributed by atoms with Crippen molar-refractivity contribution in [2.75, 3.05) is 19.7 Å². The number of rotatable bonds is 8. The van der Waals surface area contributed by atoms with Crippen molar-refractivity contribution in [2.45, 2.75) is 47.0 Å². The molecule has 0 unspecified atom stereocenters. The van der Waals surface area contributed by atoms with Crippen molar-refractivity contribution in [3.8, 4) is 0 Å². The number of pyridine rings is 1. The molecule has 2 aromatic rings. The van der Waals surface area contributed by atoms with Gasteiger partial charge in [-0.1, -0.05) is 19.9 Å². The topological polar surface area (TPSA) is 63.9 Å². The molecule has 0 N–H and O–H groups in total. The van der Waals surface area contributed by atoms with Crippen LogP contribution < -0.4 is 0 Å². The van der Waals surface area contributed by atoms with Gasteiger partial charge in [-0.2, -0.15) is 0 Å². The van der Waals surface area contributed by atoms with Crippen LogP contribution in [0, 0.1) is 6.92 Å². The second-order valence-electron chi connectivity index (χ2n) is 6.04. The predicted octanol–water partition coefficient (Wildman–Crippen LogP) is 3.01. The Morgan fingerprint density at radius 3 is 2.60 bits per heavy atom. The number of imidazole rings is 1. The van der Waals surface area contributed by atoms with E-state index in [0.717, 1.165) is 23.3 Å². The minimum absolute atomic E-state index is 0.0823. The smallest absolute Gasteiger partial charge is 0.307 e. The molecule has 2 heterocycles. The standard InChI is InChI=1S/C19H27N3O3/c1-5-11-21(12-10-17(23)25-7-3)19(24)18-15(6-2)20-16-9-8-14(4)13-22(16)18/h8-9,13H,5-7,10-12H2,1-4H3. The van der Waals surface area contributed by atoms with E-state index in [-0.39, 0.29) is 18.3 Å². The fourth-order valence-corrected chi connectivity index (χ4v) is 2.87. The van der Waals surface area contributed by atoms with Crippen LogP contribution in [0.15, 0.2) is 18.3 Å². The highest BCUT2D eigenvalue weighted by Gasteiger charge is 2.24. The van der Waals surface area contributed by atoms with Crippen LogP contribution in [0.25, 0.3) is 5.65 Å². The summed E-state index contributed by atoms with van der Waals surface area (Å²) in [6.45, 7) is 9.09. The van der Waals surface area contributed by atoms with E-state index in [4.69, 9.17) is 4.74 Å². The second kappa shape index (κ2) is 8.65. The van der Waals surface area contributed by atoms with E-state index in [1.807, 2.05) is 43.5 Å². The van der Waals surface area contributed by atoms with Gasteiger partial charge in [0.25, 0.3) is 5.91 Å². The maximum absolute atomic E-state index is 13.2. The average Bonchev–Trinajstić information content (AvgIpc) is 2.95. The highest BCUT2D eigenvalue weighted by atomic mass is 16.5. The van der Waals surface area contributed by atoms with E-state index >= 15 is 0 Å². The van der Waals surface area contributed by atoms with Gasteiger partial charge in [0.05, 0.1) is 18.7 Å². The van der Waals surface area contributed by atoms with Gasteiger partial charge in [-0.05, 0) is 38.3 Å². The lowest BCUT2D eigenvalue weighted by Gasteiger charge is -2.22. The van der Waals surface area contributed by atoms with Crippen LogP contribution in [0.1, 0.15) is 55.4 Å². The highest BCUT2D eigenvalue weighted by Crippen LogP contribution is 2.17. The molecule has 1 amide bonds. The Bertz CT molecular complexity index is 752. The highest BCUT2D eigenvalue weighted by molar-refractivity contribution is 5.95. The summed E-state index contributed by atoms with van der Waals surface area (Å²) in [4.78, 5) is 31.2. The third-order valence-corrected chi connectivity index (χ3v) is 4.05. The number of esters is 1. The van der Waals surface area contributed by atoms with Crippen LogP contribution in [0.4, 0.5) is 0 Å². The number of aromatic nitrogens is 2. The zero-order valence-corrected chi connectivity index (χ0v) is 15.5. The molecule has 25 heavy (non-hydrogen) atoms. The summed E-state index contributed by atoms with van der Waals surface area (Å²) < 4.78 is 6.84. The summed E-state index contributed by atoms with van der Waals surface area (Å²) in [7, 11) is 0. The van der Waals surface area contributed by atoms with Crippen molar-refractivity contribution in [2.24, 2.45) is 0 Å². The molecule has 0 saturated carbocycles. The largest absolute Gasteiger partial charge is 0.466 e. The molecular weight excluding hydrogens is 318 g/mol. The molecular formula is C19H27N3O3. The molecule has 0 saturated heterocycles. The number of hydrogen-bond acceptors (Lipinski definition) is 4. The monoisotopic (exact) mass is 345 g/mol. The van der Waals surface area contributed by atoms with Crippen molar-refractivity contribution in [3.05, 3.63) is 35.3 Å². The zero-order chi connectivity index (χ0) is 18.4. The van der Waals surface area contributed by atoms with E-state index in [9.17, 15) is 9.59 Å². The van der Waals surface area contributed by atoms with Crippen LogP contribution in [0.3, 0.4) is 0 Å². The fraction of sp³-hybridized carbons (Fsp3) is 0.526. The maximum Gasteiger partial charge on any atom is 0.307 e. The van der Waals surface area contributed by atoms with Crippen molar-refractivity contribution in [3.63, 3.8) is 0 Å². The Balaban J connectivity index is 2.33. The van der Waals surface area contributed by atoms with Crippen LogP contribution in [-0.2, 0) is 16.0 Å². The molecule has 6 nitrogen and oxygen atoms in total. The number of carbonyl (C=O) groups is 2. The van der Waals surface area contributed by atoms with Gasteiger partial charge in [-0.25, -0.2) is 4.98 Å². The molecule has 2 rings (SSSR count). The molecule has 0 bridgehead atoms. The lowest BCUT2D eigenvalue weighted by molar-refractivity contribution is -0.143. The molecule has 6 heteroatoms. The van der Waals surface area contributed by atoms with E-state index < -0.39 is 0 Å². The van der Waals surface area contributed by atoms with Crippen LogP contribution in [-0.4, -0.2) is 45.9 Å². The first-order chi connectivity index (χ1) is 12.0. The molecule has 0 aliphatic carbocycles. The van der Waals surface area contributed by atoms with E-state index in [1.54, 1.807) is 11.8 Å². The van der Waals surface area contributed by atoms with E-state index in [1.165, 1.54) is 0 Å². The third kappa shape index (κ3) is 4.38. The van der Waals surface area contributed by atoms with Crippen LogP contribution in [0.5, 0.6) is 0 Å². The second-order valence-corrected chi connectivity index (χ2v) is 6.04. The quantitative estimate of drug-likeness (QED) is 0.690. The molecule has 2 aromatic heterocycles. The Hall–Kier alpha value is -2.37. The number of fused-ring (bicyclic) bond motifs is 1. The Labute approximate surface area is 148 Å². The minimum atomic E-state index is -0.277. The summed E-state index contributed by atoms with van der Waals surface area (Å²) in [6, 6.07) is 3.91. The molecule has 0 fully saturated rings. The van der Waals surface area contributed by atoms with E-state index in [0.29, 0.717) is 31.8 Å². The van der Waals surface area contributed by atoms with Crippen molar-refractivity contribution < 1.29 is 14.3 Å². The maximum atomic E-state index is 13.2.